The summed E-state index contributed by atoms with van der Waals surface area (Å²) in [7, 11) is 0. The number of rotatable bonds is 4. The molecular formula is C17H17N3O. The van der Waals surface area contributed by atoms with E-state index in [2.05, 4.69) is 34.3 Å². The van der Waals surface area contributed by atoms with Crippen LogP contribution in [-0.2, 0) is 17.8 Å². The first-order valence-electron chi connectivity index (χ1n) is 6.94. The van der Waals surface area contributed by atoms with Crippen LogP contribution in [0, 0.1) is 6.92 Å². The molecule has 0 bridgehead atoms. The zero-order chi connectivity index (χ0) is 14.7. The van der Waals surface area contributed by atoms with Crippen LogP contribution in [0.5, 0.6) is 0 Å². The van der Waals surface area contributed by atoms with Crippen LogP contribution in [0.15, 0.2) is 48.9 Å². The smallest absolute Gasteiger partial charge is 0.224 e. The third kappa shape index (κ3) is 3.11. The molecule has 2 aromatic heterocycles. The fourth-order valence-corrected chi connectivity index (χ4v) is 2.38. The van der Waals surface area contributed by atoms with Gasteiger partial charge in [0.15, 0.2) is 0 Å². The maximum absolute atomic E-state index is 12.1. The molecule has 106 valence electrons. The quantitative estimate of drug-likeness (QED) is 0.771. The van der Waals surface area contributed by atoms with Gasteiger partial charge in [0, 0.05) is 36.0 Å². The van der Waals surface area contributed by atoms with Gasteiger partial charge in [-0.15, -0.1) is 0 Å². The zero-order valence-electron chi connectivity index (χ0n) is 11.9. The Morgan fingerprint density at radius 3 is 3.05 bits per heavy atom. The first-order chi connectivity index (χ1) is 10.2. The highest BCUT2D eigenvalue weighted by molar-refractivity contribution is 5.89. The lowest BCUT2D eigenvalue weighted by Gasteiger charge is -2.04. The molecule has 4 nitrogen and oxygen atoms in total. The molecule has 0 atom stereocenters. The number of nitrogens with zero attached hydrogens (tertiary/aromatic N) is 1. The minimum Gasteiger partial charge on any atom is -0.361 e. The Bertz CT molecular complexity index is 762. The Labute approximate surface area is 123 Å². The summed E-state index contributed by atoms with van der Waals surface area (Å²) in [5.41, 5.74) is 4.28. The number of benzene rings is 1. The number of pyridine rings is 1. The Balaban J connectivity index is 1.67. The summed E-state index contributed by atoms with van der Waals surface area (Å²) < 4.78 is 0. The molecule has 0 unspecified atom stereocenters. The van der Waals surface area contributed by atoms with E-state index in [1.165, 1.54) is 5.56 Å². The molecule has 0 aliphatic carbocycles. The van der Waals surface area contributed by atoms with E-state index in [0.717, 1.165) is 22.0 Å². The summed E-state index contributed by atoms with van der Waals surface area (Å²) in [6.45, 7) is 2.56. The van der Waals surface area contributed by atoms with Crippen molar-refractivity contribution in [1.29, 1.82) is 0 Å². The van der Waals surface area contributed by atoms with Gasteiger partial charge in [-0.1, -0.05) is 17.7 Å². The predicted octanol–water partition coefficient (Wildman–Crippen LogP) is 2.73. The number of hydrogen-bond acceptors (Lipinski definition) is 2. The second-order valence-electron chi connectivity index (χ2n) is 5.18. The van der Waals surface area contributed by atoms with E-state index in [1.807, 2.05) is 24.4 Å². The van der Waals surface area contributed by atoms with Crippen molar-refractivity contribution in [2.45, 2.75) is 19.9 Å². The van der Waals surface area contributed by atoms with Gasteiger partial charge in [0.25, 0.3) is 0 Å². The van der Waals surface area contributed by atoms with Crippen molar-refractivity contribution in [3.05, 3.63) is 65.6 Å². The topological polar surface area (TPSA) is 57.8 Å². The maximum atomic E-state index is 12.1. The molecule has 0 radical (unpaired) electrons. The Morgan fingerprint density at radius 2 is 2.24 bits per heavy atom. The predicted molar refractivity (Wildman–Crippen MR) is 82.8 cm³/mol. The molecule has 0 aliphatic rings. The Morgan fingerprint density at radius 1 is 1.33 bits per heavy atom. The minimum atomic E-state index is 0.0151. The zero-order valence-corrected chi connectivity index (χ0v) is 11.9. The van der Waals surface area contributed by atoms with Gasteiger partial charge < -0.3 is 10.3 Å². The largest absolute Gasteiger partial charge is 0.361 e. The summed E-state index contributed by atoms with van der Waals surface area (Å²) in [5.74, 6) is 0.0151. The van der Waals surface area contributed by atoms with Crippen LogP contribution in [0.25, 0.3) is 10.9 Å². The van der Waals surface area contributed by atoms with Crippen LogP contribution in [0.2, 0.25) is 0 Å². The van der Waals surface area contributed by atoms with Crippen molar-refractivity contribution in [3.8, 4) is 0 Å². The first kappa shape index (κ1) is 13.4. The average Bonchev–Trinajstić information content (AvgIpc) is 2.88. The number of carbonyl (C=O) groups excluding carboxylic acids is 1. The van der Waals surface area contributed by atoms with Gasteiger partial charge in [-0.05, 0) is 36.2 Å². The van der Waals surface area contributed by atoms with Gasteiger partial charge in [0.2, 0.25) is 5.91 Å². The van der Waals surface area contributed by atoms with Gasteiger partial charge in [-0.2, -0.15) is 0 Å². The molecule has 2 heterocycles. The highest BCUT2D eigenvalue weighted by Gasteiger charge is 2.08. The average molecular weight is 279 g/mol. The standard InChI is InChI=1S/C17H17N3O/c1-12-4-5-16-15(7-12)14(11-19-16)8-17(21)20-10-13-3-2-6-18-9-13/h2-7,9,11,19H,8,10H2,1H3,(H,20,21). The number of nitrogens with one attached hydrogen (secondary N) is 2. The van der Waals surface area contributed by atoms with Gasteiger partial charge in [-0.3, -0.25) is 9.78 Å². The van der Waals surface area contributed by atoms with Crippen molar-refractivity contribution < 1.29 is 4.79 Å². The highest BCUT2D eigenvalue weighted by Crippen LogP contribution is 2.20. The molecule has 2 N–H and O–H groups in total. The normalized spacial score (nSPS) is 10.7. The molecule has 3 aromatic rings. The van der Waals surface area contributed by atoms with Gasteiger partial charge in [0.05, 0.1) is 6.42 Å². The number of amides is 1. The van der Waals surface area contributed by atoms with Crippen LogP contribution in [0.3, 0.4) is 0 Å². The molecule has 4 heteroatoms. The molecule has 1 amide bonds. The number of fused-ring (bicyclic) bond motifs is 1. The van der Waals surface area contributed by atoms with Gasteiger partial charge >= 0.3 is 0 Å². The second-order valence-corrected chi connectivity index (χ2v) is 5.18. The van der Waals surface area contributed by atoms with Crippen molar-refractivity contribution in [2.24, 2.45) is 0 Å². The Hall–Kier alpha value is -2.62. The van der Waals surface area contributed by atoms with E-state index in [9.17, 15) is 4.79 Å². The third-order valence-corrected chi connectivity index (χ3v) is 3.49. The van der Waals surface area contributed by atoms with E-state index in [0.29, 0.717) is 13.0 Å². The van der Waals surface area contributed by atoms with E-state index >= 15 is 0 Å². The van der Waals surface area contributed by atoms with Crippen LogP contribution < -0.4 is 5.32 Å². The second kappa shape index (κ2) is 5.79. The summed E-state index contributed by atoms with van der Waals surface area (Å²) >= 11 is 0. The molecule has 3 rings (SSSR count). The number of H-pyrrole nitrogens is 1. The first-order valence-corrected chi connectivity index (χ1v) is 6.94. The van der Waals surface area contributed by atoms with Gasteiger partial charge in [0.1, 0.15) is 0 Å². The van der Waals surface area contributed by atoms with E-state index in [-0.39, 0.29) is 5.91 Å². The van der Waals surface area contributed by atoms with Crippen molar-refractivity contribution >= 4 is 16.8 Å². The number of carbonyl (C=O) groups is 1. The van der Waals surface area contributed by atoms with Gasteiger partial charge in [-0.25, -0.2) is 0 Å². The van der Waals surface area contributed by atoms with Crippen LogP contribution in [-0.4, -0.2) is 15.9 Å². The van der Waals surface area contributed by atoms with Crippen LogP contribution >= 0.6 is 0 Å². The summed E-state index contributed by atoms with van der Waals surface area (Å²) in [6, 6.07) is 10.0. The molecule has 0 saturated heterocycles. The van der Waals surface area contributed by atoms with Crippen LogP contribution in [0.1, 0.15) is 16.7 Å². The van der Waals surface area contributed by atoms with Crippen molar-refractivity contribution in [3.63, 3.8) is 0 Å². The number of aromatic amines is 1. The fraction of sp³-hybridized carbons (Fsp3) is 0.176. The van der Waals surface area contributed by atoms with Crippen molar-refractivity contribution in [1.82, 2.24) is 15.3 Å². The number of aryl methyl sites for hydroxylation is 1. The van der Waals surface area contributed by atoms with E-state index in [4.69, 9.17) is 0 Å². The molecule has 0 aliphatic heterocycles. The maximum Gasteiger partial charge on any atom is 0.224 e. The lowest BCUT2D eigenvalue weighted by molar-refractivity contribution is -0.120. The molecule has 0 fully saturated rings. The summed E-state index contributed by atoms with van der Waals surface area (Å²) in [6.07, 6.45) is 5.77. The summed E-state index contributed by atoms with van der Waals surface area (Å²) in [4.78, 5) is 19.3. The third-order valence-electron chi connectivity index (χ3n) is 3.49. The molecule has 0 spiro atoms. The highest BCUT2D eigenvalue weighted by atomic mass is 16.1. The Kier molecular flexibility index (Phi) is 3.69. The minimum absolute atomic E-state index is 0.0151. The number of aromatic nitrogens is 2. The van der Waals surface area contributed by atoms with Crippen LogP contribution in [0.4, 0.5) is 0 Å². The lowest BCUT2D eigenvalue weighted by atomic mass is 10.1. The monoisotopic (exact) mass is 279 g/mol. The molecule has 0 saturated carbocycles. The molecule has 21 heavy (non-hydrogen) atoms. The fourth-order valence-electron chi connectivity index (χ4n) is 2.38. The number of hydrogen-bond donors (Lipinski definition) is 2. The van der Waals surface area contributed by atoms with E-state index < -0.39 is 0 Å². The molecular weight excluding hydrogens is 262 g/mol. The van der Waals surface area contributed by atoms with E-state index in [1.54, 1.807) is 12.4 Å². The lowest BCUT2D eigenvalue weighted by Crippen LogP contribution is -2.24. The summed E-state index contributed by atoms with van der Waals surface area (Å²) in [5, 5.41) is 4.04. The molecule has 1 aromatic carbocycles. The SMILES string of the molecule is Cc1ccc2[nH]cc(CC(=O)NCc3cccnc3)c2c1. The van der Waals surface area contributed by atoms with Crippen molar-refractivity contribution in [2.75, 3.05) is 0 Å².